The molecule has 6 heteroatoms. The molecule has 4 N–H and O–H groups in total. The minimum atomic E-state index is -1.80. The van der Waals surface area contributed by atoms with E-state index in [-0.39, 0.29) is 22.6 Å². The standard InChI is InChI=1S/C11H14O6/c1-5-7(12)4-3-6(8(5)13)9(14)10(15)11(16)17-2/h3-4,9-10,12-15H,1-2H3. The molecule has 0 radical (unpaired) electrons. The molecule has 0 bridgehead atoms. The number of aliphatic hydroxyl groups excluding tert-OH is 2. The van der Waals surface area contributed by atoms with Crippen LogP contribution in [-0.2, 0) is 9.53 Å². The lowest BCUT2D eigenvalue weighted by Crippen LogP contribution is -2.29. The summed E-state index contributed by atoms with van der Waals surface area (Å²) in [5, 5.41) is 38.1. The van der Waals surface area contributed by atoms with Gasteiger partial charge in [-0.2, -0.15) is 0 Å². The zero-order chi connectivity index (χ0) is 13.2. The Kier molecular flexibility index (Phi) is 3.93. The fourth-order valence-corrected chi connectivity index (χ4v) is 1.37. The maximum absolute atomic E-state index is 11.0. The zero-order valence-corrected chi connectivity index (χ0v) is 9.41. The minimum absolute atomic E-state index is 0.0572. The Balaban J connectivity index is 3.09. The molecular weight excluding hydrogens is 228 g/mol. The fourth-order valence-electron chi connectivity index (χ4n) is 1.37. The van der Waals surface area contributed by atoms with Crippen molar-refractivity contribution in [1.82, 2.24) is 0 Å². The van der Waals surface area contributed by atoms with Crippen LogP contribution >= 0.6 is 0 Å². The van der Waals surface area contributed by atoms with Crippen LogP contribution in [0.1, 0.15) is 17.2 Å². The number of carbonyl (C=O) groups is 1. The highest BCUT2D eigenvalue weighted by molar-refractivity contribution is 5.75. The molecule has 1 aromatic rings. The number of phenols is 2. The minimum Gasteiger partial charge on any atom is -0.508 e. The third-order valence-electron chi connectivity index (χ3n) is 2.49. The van der Waals surface area contributed by atoms with Crippen LogP contribution in [0.2, 0.25) is 0 Å². The number of hydrogen-bond acceptors (Lipinski definition) is 6. The van der Waals surface area contributed by atoms with E-state index in [4.69, 9.17) is 0 Å². The normalized spacial score (nSPS) is 14.1. The Labute approximate surface area is 97.7 Å². The van der Waals surface area contributed by atoms with Gasteiger partial charge in [-0.25, -0.2) is 4.79 Å². The lowest BCUT2D eigenvalue weighted by Gasteiger charge is -2.18. The van der Waals surface area contributed by atoms with Crippen molar-refractivity contribution in [3.05, 3.63) is 23.3 Å². The second-order valence-corrected chi connectivity index (χ2v) is 3.56. The number of benzene rings is 1. The number of hydrogen-bond donors (Lipinski definition) is 4. The van der Waals surface area contributed by atoms with E-state index in [2.05, 4.69) is 4.74 Å². The van der Waals surface area contributed by atoms with Gasteiger partial charge in [0.2, 0.25) is 0 Å². The van der Waals surface area contributed by atoms with Gasteiger partial charge in [-0.1, -0.05) is 0 Å². The first-order valence-electron chi connectivity index (χ1n) is 4.85. The van der Waals surface area contributed by atoms with E-state index in [0.29, 0.717) is 0 Å². The summed E-state index contributed by atoms with van der Waals surface area (Å²) < 4.78 is 4.27. The molecule has 1 rings (SSSR count). The predicted molar refractivity (Wildman–Crippen MR) is 57.5 cm³/mol. The molecule has 0 aliphatic carbocycles. The topological polar surface area (TPSA) is 107 Å². The Bertz CT molecular complexity index is 428. The van der Waals surface area contributed by atoms with Crippen molar-refractivity contribution < 1.29 is 30.0 Å². The van der Waals surface area contributed by atoms with Gasteiger partial charge < -0.3 is 25.2 Å². The van der Waals surface area contributed by atoms with E-state index in [0.717, 1.165) is 7.11 Å². The van der Waals surface area contributed by atoms with Gasteiger partial charge in [0, 0.05) is 11.1 Å². The molecule has 0 fully saturated rings. The van der Waals surface area contributed by atoms with Gasteiger partial charge in [0.05, 0.1) is 7.11 Å². The lowest BCUT2D eigenvalue weighted by atomic mass is 10.00. The second-order valence-electron chi connectivity index (χ2n) is 3.56. The van der Waals surface area contributed by atoms with E-state index in [9.17, 15) is 25.2 Å². The van der Waals surface area contributed by atoms with Gasteiger partial charge in [-0.3, -0.25) is 0 Å². The Morgan fingerprint density at radius 2 is 1.88 bits per heavy atom. The maximum atomic E-state index is 11.0. The van der Waals surface area contributed by atoms with Crippen LogP contribution < -0.4 is 0 Å². The van der Waals surface area contributed by atoms with Crippen molar-refractivity contribution in [1.29, 1.82) is 0 Å². The van der Waals surface area contributed by atoms with Crippen LogP contribution in [0, 0.1) is 6.92 Å². The molecule has 0 saturated heterocycles. The van der Waals surface area contributed by atoms with Crippen molar-refractivity contribution in [3.8, 4) is 11.5 Å². The summed E-state index contributed by atoms with van der Waals surface area (Å²) in [4.78, 5) is 11.0. The van der Waals surface area contributed by atoms with Crippen LogP contribution in [0.4, 0.5) is 0 Å². The number of aromatic hydroxyl groups is 2. The first kappa shape index (κ1) is 13.3. The van der Waals surface area contributed by atoms with Crippen LogP contribution in [0.5, 0.6) is 11.5 Å². The SMILES string of the molecule is COC(=O)C(O)C(O)c1ccc(O)c(C)c1O. The summed E-state index contributed by atoms with van der Waals surface area (Å²) in [5.74, 6) is -1.53. The van der Waals surface area contributed by atoms with Crippen molar-refractivity contribution in [2.75, 3.05) is 7.11 Å². The quantitative estimate of drug-likeness (QED) is 0.555. The van der Waals surface area contributed by atoms with Gasteiger partial charge in [-0.05, 0) is 19.1 Å². The molecule has 17 heavy (non-hydrogen) atoms. The summed E-state index contributed by atoms with van der Waals surface area (Å²) in [5.41, 5.74) is 0.0943. The van der Waals surface area contributed by atoms with Gasteiger partial charge in [0.15, 0.2) is 6.10 Å². The van der Waals surface area contributed by atoms with Crippen LogP contribution in [0.25, 0.3) is 0 Å². The summed E-state index contributed by atoms with van der Waals surface area (Å²) in [6.45, 7) is 1.44. The Hall–Kier alpha value is -1.79. The van der Waals surface area contributed by atoms with Crippen molar-refractivity contribution in [3.63, 3.8) is 0 Å². The average Bonchev–Trinajstić information content (AvgIpc) is 2.33. The van der Waals surface area contributed by atoms with Crippen LogP contribution in [0.3, 0.4) is 0 Å². The molecule has 0 aliphatic heterocycles. The van der Waals surface area contributed by atoms with Crippen LogP contribution in [0.15, 0.2) is 12.1 Å². The number of methoxy groups -OCH3 is 1. The highest BCUT2D eigenvalue weighted by Gasteiger charge is 2.29. The van der Waals surface area contributed by atoms with E-state index in [1.165, 1.54) is 19.1 Å². The van der Waals surface area contributed by atoms with Gasteiger partial charge in [-0.15, -0.1) is 0 Å². The number of phenolic OH excluding ortho intramolecular Hbond substituents is 2. The molecule has 2 atom stereocenters. The molecule has 2 unspecified atom stereocenters. The third kappa shape index (κ3) is 2.48. The number of ether oxygens (including phenoxy) is 1. The Morgan fingerprint density at radius 3 is 2.41 bits per heavy atom. The molecule has 0 amide bonds. The summed E-state index contributed by atoms with van der Waals surface area (Å²) in [6.07, 6.45) is -3.42. The molecule has 94 valence electrons. The van der Waals surface area contributed by atoms with Gasteiger partial charge in [0.1, 0.15) is 17.6 Å². The first-order valence-corrected chi connectivity index (χ1v) is 4.85. The molecule has 1 aromatic carbocycles. The molecule has 0 aromatic heterocycles. The van der Waals surface area contributed by atoms with Gasteiger partial charge >= 0.3 is 5.97 Å². The predicted octanol–water partition coefficient (Wildman–Crippen LogP) is -0.0265. The van der Waals surface area contributed by atoms with Gasteiger partial charge in [0.25, 0.3) is 0 Å². The second kappa shape index (κ2) is 5.03. The summed E-state index contributed by atoms with van der Waals surface area (Å²) in [6, 6.07) is 2.46. The van der Waals surface area contributed by atoms with Crippen LogP contribution in [-0.4, -0.2) is 39.6 Å². The largest absolute Gasteiger partial charge is 0.508 e. The zero-order valence-electron chi connectivity index (χ0n) is 9.41. The van der Waals surface area contributed by atoms with E-state index >= 15 is 0 Å². The molecule has 0 aliphatic rings. The molecular formula is C11H14O6. The Morgan fingerprint density at radius 1 is 1.29 bits per heavy atom. The van der Waals surface area contributed by atoms with Crippen molar-refractivity contribution in [2.45, 2.75) is 19.1 Å². The smallest absolute Gasteiger partial charge is 0.337 e. The fraction of sp³-hybridized carbons (Fsp3) is 0.364. The monoisotopic (exact) mass is 242 g/mol. The maximum Gasteiger partial charge on any atom is 0.337 e. The summed E-state index contributed by atoms with van der Waals surface area (Å²) in [7, 11) is 1.07. The number of esters is 1. The van der Waals surface area contributed by atoms with E-state index < -0.39 is 18.2 Å². The molecule has 0 saturated carbocycles. The molecule has 0 spiro atoms. The molecule has 6 nitrogen and oxygen atoms in total. The first-order chi connectivity index (χ1) is 7.90. The van der Waals surface area contributed by atoms with E-state index in [1.807, 2.05) is 0 Å². The van der Waals surface area contributed by atoms with Crippen molar-refractivity contribution in [2.24, 2.45) is 0 Å². The average molecular weight is 242 g/mol. The third-order valence-corrected chi connectivity index (χ3v) is 2.49. The molecule has 0 heterocycles. The van der Waals surface area contributed by atoms with E-state index in [1.54, 1.807) is 0 Å². The number of aliphatic hydroxyl groups is 2. The highest BCUT2D eigenvalue weighted by Crippen LogP contribution is 2.34. The number of rotatable bonds is 3. The van der Waals surface area contributed by atoms with Crippen molar-refractivity contribution >= 4 is 5.97 Å². The summed E-state index contributed by atoms with van der Waals surface area (Å²) >= 11 is 0. The highest BCUT2D eigenvalue weighted by atomic mass is 16.5. The number of carbonyl (C=O) groups excluding carboxylic acids is 1. The lowest BCUT2D eigenvalue weighted by molar-refractivity contribution is -0.156.